The minimum absolute atomic E-state index is 0.347. The molecule has 138 valence electrons. The van der Waals surface area contributed by atoms with E-state index in [1.54, 1.807) is 43.5 Å². The van der Waals surface area contributed by atoms with Gasteiger partial charge in [-0.1, -0.05) is 23.7 Å². The lowest BCUT2D eigenvalue weighted by atomic mass is 10.1. The smallest absolute Gasteiger partial charge is 0.338 e. The van der Waals surface area contributed by atoms with Gasteiger partial charge in [0.15, 0.2) is 6.10 Å². The number of methoxy groups -OCH3 is 2. The van der Waals surface area contributed by atoms with E-state index in [9.17, 15) is 9.59 Å². The number of anilines is 1. The van der Waals surface area contributed by atoms with Crippen molar-refractivity contribution in [3.05, 3.63) is 58.6 Å². The summed E-state index contributed by atoms with van der Waals surface area (Å²) in [5.41, 5.74) is 1.58. The highest BCUT2D eigenvalue weighted by Crippen LogP contribution is 2.27. The fraction of sp³-hybridized carbons (Fsp3) is 0.263. The van der Waals surface area contributed by atoms with E-state index >= 15 is 0 Å². The fourth-order valence-electron chi connectivity index (χ4n) is 2.25. The molecule has 0 fully saturated rings. The molecule has 0 spiro atoms. The predicted molar refractivity (Wildman–Crippen MR) is 98.7 cm³/mol. The molecule has 7 heteroatoms. The molecule has 0 aliphatic carbocycles. The number of carbonyl (C=O) groups is 2. The normalized spacial score (nSPS) is 11.5. The summed E-state index contributed by atoms with van der Waals surface area (Å²) in [5, 5.41) is 3.09. The molecule has 0 saturated carbocycles. The lowest BCUT2D eigenvalue weighted by molar-refractivity contribution is -0.123. The fourth-order valence-corrected chi connectivity index (χ4v) is 2.42. The first-order valence-electron chi connectivity index (χ1n) is 7.88. The topological polar surface area (TPSA) is 73.9 Å². The standard InChI is InChI=1S/C19H20ClNO5/c1-12(18(22)21-16-10-15(20)7-8-17(16)25-3)26-19(23)14-6-4-5-13(9-14)11-24-2/h4-10,12H,11H2,1-3H3,(H,21,22)/t12-/m1/s1. The number of benzene rings is 2. The zero-order valence-corrected chi connectivity index (χ0v) is 15.5. The summed E-state index contributed by atoms with van der Waals surface area (Å²) in [4.78, 5) is 24.6. The molecule has 0 unspecified atom stereocenters. The van der Waals surface area contributed by atoms with Crippen molar-refractivity contribution in [1.82, 2.24) is 0 Å². The van der Waals surface area contributed by atoms with Crippen LogP contribution in [0.15, 0.2) is 42.5 Å². The van der Waals surface area contributed by atoms with E-state index in [4.69, 9.17) is 25.8 Å². The zero-order chi connectivity index (χ0) is 19.1. The van der Waals surface area contributed by atoms with Crippen LogP contribution in [-0.4, -0.2) is 32.2 Å². The van der Waals surface area contributed by atoms with Crippen LogP contribution in [0.1, 0.15) is 22.8 Å². The summed E-state index contributed by atoms with van der Waals surface area (Å²) < 4.78 is 15.5. The first-order chi connectivity index (χ1) is 12.4. The van der Waals surface area contributed by atoms with Gasteiger partial charge in [-0.3, -0.25) is 4.79 Å². The second-order valence-electron chi connectivity index (χ2n) is 5.51. The Morgan fingerprint density at radius 2 is 1.92 bits per heavy atom. The Balaban J connectivity index is 2.04. The average Bonchev–Trinajstić information content (AvgIpc) is 2.62. The van der Waals surface area contributed by atoms with E-state index in [1.165, 1.54) is 14.0 Å². The summed E-state index contributed by atoms with van der Waals surface area (Å²) in [5.74, 6) is -0.635. The van der Waals surface area contributed by atoms with Gasteiger partial charge in [-0.05, 0) is 42.8 Å². The molecule has 2 rings (SSSR count). The minimum Gasteiger partial charge on any atom is -0.495 e. The molecular weight excluding hydrogens is 358 g/mol. The van der Waals surface area contributed by atoms with Gasteiger partial charge < -0.3 is 19.5 Å². The van der Waals surface area contributed by atoms with Crippen molar-refractivity contribution in [3.63, 3.8) is 0 Å². The van der Waals surface area contributed by atoms with E-state index in [2.05, 4.69) is 5.32 Å². The summed E-state index contributed by atoms with van der Waals surface area (Å²) in [6, 6.07) is 11.7. The van der Waals surface area contributed by atoms with Crippen molar-refractivity contribution in [3.8, 4) is 5.75 Å². The van der Waals surface area contributed by atoms with Gasteiger partial charge >= 0.3 is 5.97 Å². The van der Waals surface area contributed by atoms with Gasteiger partial charge in [0.2, 0.25) is 0 Å². The van der Waals surface area contributed by atoms with Crippen LogP contribution in [0.3, 0.4) is 0 Å². The Bertz CT molecular complexity index is 793. The number of carbonyl (C=O) groups excluding carboxylic acids is 2. The second-order valence-corrected chi connectivity index (χ2v) is 5.95. The molecule has 0 radical (unpaired) electrons. The molecular formula is C19H20ClNO5. The first-order valence-corrected chi connectivity index (χ1v) is 8.25. The van der Waals surface area contributed by atoms with E-state index in [1.807, 2.05) is 6.07 Å². The maximum absolute atomic E-state index is 12.3. The average molecular weight is 378 g/mol. The number of hydrogen-bond acceptors (Lipinski definition) is 5. The maximum atomic E-state index is 12.3. The van der Waals surface area contributed by atoms with Crippen molar-refractivity contribution >= 4 is 29.2 Å². The summed E-state index contributed by atoms with van der Waals surface area (Å²) in [6.07, 6.45) is -1.00. The molecule has 0 aromatic heterocycles. The highest BCUT2D eigenvalue weighted by atomic mass is 35.5. The molecule has 0 bridgehead atoms. The van der Waals surface area contributed by atoms with E-state index in [0.29, 0.717) is 28.6 Å². The van der Waals surface area contributed by atoms with Gasteiger partial charge in [-0.15, -0.1) is 0 Å². The Labute approximate surface area is 157 Å². The third-order valence-electron chi connectivity index (χ3n) is 3.55. The van der Waals surface area contributed by atoms with Gasteiger partial charge in [-0.25, -0.2) is 4.79 Å². The summed E-state index contributed by atoms with van der Waals surface area (Å²) in [7, 11) is 3.05. The molecule has 1 amide bonds. The van der Waals surface area contributed by atoms with Crippen LogP contribution in [0.4, 0.5) is 5.69 Å². The number of ether oxygens (including phenoxy) is 3. The van der Waals surface area contributed by atoms with Crippen molar-refractivity contribution < 1.29 is 23.8 Å². The Kier molecular flexibility index (Phi) is 7.00. The van der Waals surface area contributed by atoms with E-state index in [0.717, 1.165) is 5.56 Å². The number of nitrogens with one attached hydrogen (secondary N) is 1. The van der Waals surface area contributed by atoms with Crippen molar-refractivity contribution in [1.29, 1.82) is 0 Å². The molecule has 6 nitrogen and oxygen atoms in total. The monoisotopic (exact) mass is 377 g/mol. The lowest BCUT2D eigenvalue weighted by Crippen LogP contribution is -2.30. The zero-order valence-electron chi connectivity index (χ0n) is 14.7. The molecule has 0 aliphatic heterocycles. The number of amides is 1. The summed E-state index contributed by atoms with van der Waals surface area (Å²) in [6.45, 7) is 1.87. The number of halogens is 1. The van der Waals surface area contributed by atoms with Crippen molar-refractivity contribution in [2.45, 2.75) is 19.6 Å². The van der Waals surface area contributed by atoms with Crippen LogP contribution in [0.25, 0.3) is 0 Å². The third kappa shape index (κ3) is 5.21. The molecule has 0 aliphatic rings. The van der Waals surface area contributed by atoms with Gasteiger partial charge in [0.1, 0.15) is 5.75 Å². The molecule has 26 heavy (non-hydrogen) atoms. The van der Waals surface area contributed by atoms with Crippen LogP contribution < -0.4 is 10.1 Å². The van der Waals surface area contributed by atoms with Crippen molar-refractivity contribution in [2.24, 2.45) is 0 Å². The molecule has 1 N–H and O–H groups in total. The Hall–Kier alpha value is -2.57. The predicted octanol–water partition coefficient (Wildman–Crippen LogP) is 3.68. The van der Waals surface area contributed by atoms with Crippen molar-refractivity contribution in [2.75, 3.05) is 19.5 Å². The van der Waals surface area contributed by atoms with Gasteiger partial charge in [0, 0.05) is 12.1 Å². The molecule has 1 atom stereocenters. The van der Waals surface area contributed by atoms with E-state index in [-0.39, 0.29) is 0 Å². The van der Waals surface area contributed by atoms with Gasteiger partial charge in [-0.2, -0.15) is 0 Å². The quantitative estimate of drug-likeness (QED) is 0.745. The lowest BCUT2D eigenvalue weighted by Gasteiger charge is -2.15. The highest BCUT2D eigenvalue weighted by Gasteiger charge is 2.20. The Morgan fingerprint density at radius 1 is 1.15 bits per heavy atom. The minimum atomic E-state index is -1.00. The third-order valence-corrected chi connectivity index (χ3v) is 3.78. The van der Waals surface area contributed by atoms with Crippen LogP contribution in [0.5, 0.6) is 5.75 Å². The van der Waals surface area contributed by atoms with Crippen LogP contribution in [0.2, 0.25) is 5.02 Å². The SMILES string of the molecule is COCc1cccc(C(=O)O[C@H](C)C(=O)Nc2cc(Cl)ccc2OC)c1. The molecule has 2 aromatic carbocycles. The number of rotatable bonds is 7. The van der Waals surface area contributed by atoms with Crippen LogP contribution >= 0.6 is 11.6 Å². The molecule has 0 saturated heterocycles. The first kappa shape index (κ1) is 19.8. The molecule has 0 heterocycles. The van der Waals surface area contributed by atoms with Gasteiger partial charge in [0.05, 0.1) is 25.0 Å². The second kappa shape index (κ2) is 9.22. The van der Waals surface area contributed by atoms with Gasteiger partial charge in [0.25, 0.3) is 5.91 Å². The Morgan fingerprint density at radius 3 is 2.62 bits per heavy atom. The van der Waals surface area contributed by atoms with Crippen LogP contribution in [-0.2, 0) is 20.9 Å². The largest absolute Gasteiger partial charge is 0.495 e. The number of hydrogen-bond donors (Lipinski definition) is 1. The molecule has 2 aromatic rings. The number of esters is 1. The van der Waals surface area contributed by atoms with Crippen LogP contribution in [0, 0.1) is 0 Å². The van der Waals surface area contributed by atoms with E-state index < -0.39 is 18.0 Å². The summed E-state index contributed by atoms with van der Waals surface area (Å²) >= 11 is 5.94. The maximum Gasteiger partial charge on any atom is 0.338 e. The highest BCUT2D eigenvalue weighted by molar-refractivity contribution is 6.31.